The third-order valence-corrected chi connectivity index (χ3v) is 8.10. The standard InChI is InChI=1S/C13H20Cl2N2O3S2/c1-16(2)9-13(20-3)4-6-17(7-5-13)22(18,19)11-8-10(14)12(15)21-11/h8H,4-7,9H2,1-3H3. The highest BCUT2D eigenvalue weighted by atomic mass is 35.5. The third-order valence-electron chi connectivity index (χ3n) is 3.89. The van der Waals surface area contributed by atoms with Gasteiger partial charge in [-0.1, -0.05) is 23.2 Å². The molecule has 22 heavy (non-hydrogen) atoms. The van der Waals surface area contributed by atoms with Crippen LogP contribution in [0.3, 0.4) is 0 Å². The smallest absolute Gasteiger partial charge is 0.252 e. The Hall–Kier alpha value is 0.110. The Balaban J connectivity index is 2.13. The zero-order valence-corrected chi connectivity index (χ0v) is 15.9. The Morgan fingerprint density at radius 3 is 2.36 bits per heavy atom. The van der Waals surface area contributed by atoms with Crippen molar-refractivity contribution in [1.82, 2.24) is 9.21 Å². The maximum absolute atomic E-state index is 12.6. The third kappa shape index (κ3) is 3.77. The van der Waals surface area contributed by atoms with Gasteiger partial charge in [-0.05, 0) is 33.0 Å². The van der Waals surface area contributed by atoms with Crippen LogP contribution in [0.15, 0.2) is 10.3 Å². The van der Waals surface area contributed by atoms with Crippen LogP contribution in [0.5, 0.6) is 0 Å². The summed E-state index contributed by atoms with van der Waals surface area (Å²) >= 11 is 12.7. The van der Waals surface area contributed by atoms with Gasteiger partial charge in [0.05, 0.1) is 10.6 Å². The van der Waals surface area contributed by atoms with Crippen molar-refractivity contribution in [2.75, 3.05) is 40.8 Å². The van der Waals surface area contributed by atoms with Crippen molar-refractivity contribution in [3.05, 3.63) is 15.4 Å². The molecule has 9 heteroatoms. The molecule has 0 radical (unpaired) electrons. The normalized spacial score (nSPS) is 19.7. The molecule has 0 amide bonds. The molecule has 0 atom stereocenters. The van der Waals surface area contributed by atoms with E-state index >= 15 is 0 Å². The fourth-order valence-electron chi connectivity index (χ4n) is 2.72. The van der Waals surface area contributed by atoms with Crippen molar-refractivity contribution in [3.63, 3.8) is 0 Å². The highest BCUT2D eigenvalue weighted by Gasteiger charge is 2.39. The SMILES string of the molecule is COC1(CN(C)C)CCN(S(=O)(=O)c2cc(Cl)c(Cl)s2)CC1. The predicted molar refractivity (Wildman–Crippen MR) is 90.6 cm³/mol. The number of nitrogens with zero attached hydrogens (tertiary/aromatic N) is 2. The first-order valence-electron chi connectivity index (χ1n) is 6.85. The summed E-state index contributed by atoms with van der Waals surface area (Å²) in [5, 5.41) is 0.279. The van der Waals surface area contributed by atoms with Gasteiger partial charge in [-0.3, -0.25) is 0 Å². The van der Waals surface area contributed by atoms with Crippen molar-refractivity contribution in [2.45, 2.75) is 22.7 Å². The molecule has 0 unspecified atom stereocenters. The molecule has 1 aliphatic rings. The lowest BCUT2D eigenvalue weighted by Crippen LogP contribution is -2.52. The molecule has 5 nitrogen and oxygen atoms in total. The van der Waals surface area contributed by atoms with E-state index in [1.807, 2.05) is 14.1 Å². The van der Waals surface area contributed by atoms with E-state index in [0.717, 1.165) is 17.9 Å². The Morgan fingerprint density at radius 1 is 1.36 bits per heavy atom. The molecule has 0 aromatic carbocycles. The topological polar surface area (TPSA) is 49.9 Å². The first kappa shape index (κ1) is 18.4. The first-order chi connectivity index (χ1) is 10.2. The highest BCUT2D eigenvalue weighted by molar-refractivity contribution is 7.91. The van der Waals surface area contributed by atoms with Crippen molar-refractivity contribution < 1.29 is 13.2 Å². The van der Waals surface area contributed by atoms with E-state index < -0.39 is 10.0 Å². The second-order valence-electron chi connectivity index (χ2n) is 5.72. The highest BCUT2D eigenvalue weighted by Crippen LogP contribution is 2.37. The number of hydrogen-bond acceptors (Lipinski definition) is 5. The zero-order chi connectivity index (χ0) is 16.5. The summed E-state index contributed by atoms with van der Waals surface area (Å²) in [7, 11) is 2.12. The molecule has 1 aliphatic heterocycles. The lowest BCUT2D eigenvalue weighted by Gasteiger charge is -2.41. The van der Waals surface area contributed by atoms with Crippen LogP contribution in [0.2, 0.25) is 9.36 Å². The molecule has 0 aliphatic carbocycles. The average molecular weight is 387 g/mol. The van der Waals surface area contributed by atoms with Crippen LogP contribution >= 0.6 is 34.5 Å². The van der Waals surface area contributed by atoms with E-state index in [1.54, 1.807) is 7.11 Å². The Bertz CT molecular complexity index is 604. The molecule has 1 aromatic heterocycles. The van der Waals surface area contributed by atoms with E-state index in [2.05, 4.69) is 4.90 Å². The van der Waals surface area contributed by atoms with Gasteiger partial charge in [0.2, 0.25) is 0 Å². The summed E-state index contributed by atoms with van der Waals surface area (Å²) in [6, 6.07) is 1.42. The van der Waals surface area contributed by atoms with Crippen molar-refractivity contribution in [2.24, 2.45) is 0 Å². The monoisotopic (exact) mass is 386 g/mol. The summed E-state index contributed by atoms with van der Waals surface area (Å²) in [4.78, 5) is 2.06. The maximum Gasteiger partial charge on any atom is 0.252 e. The van der Waals surface area contributed by atoms with Gasteiger partial charge in [0.15, 0.2) is 0 Å². The van der Waals surface area contributed by atoms with Crippen LogP contribution in [0, 0.1) is 0 Å². The molecule has 0 spiro atoms. The number of rotatable bonds is 5. The summed E-state index contributed by atoms with van der Waals surface area (Å²) in [5.41, 5.74) is -0.291. The van der Waals surface area contributed by atoms with E-state index in [1.165, 1.54) is 10.4 Å². The Morgan fingerprint density at radius 2 is 1.95 bits per heavy atom. The van der Waals surface area contributed by atoms with Crippen LogP contribution in [-0.4, -0.2) is 64.1 Å². The van der Waals surface area contributed by atoms with Gasteiger partial charge >= 0.3 is 0 Å². The summed E-state index contributed by atoms with van der Waals surface area (Å²) in [6.45, 7) is 1.63. The van der Waals surface area contributed by atoms with Crippen LogP contribution in [0.25, 0.3) is 0 Å². The minimum absolute atomic E-state index is 0.194. The molecule has 0 bridgehead atoms. The number of halogens is 2. The molecular formula is C13H20Cl2N2O3S2. The fraction of sp³-hybridized carbons (Fsp3) is 0.692. The maximum atomic E-state index is 12.6. The second-order valence-corrected chi connectivity index (χ2v) is 9.94. The van der Waals surface area contributed by atoms with Gasteiger partial charge < -0.3 is 9.64 Å². The van der Waals surface area contributed by atoms with Crippen LogP contribution in [0.4, 0.5) is 0 Å². The molecule has 2 heterocycles. The zero-order valence-electron chi connectivity index (χ0n) is 12.8. The number of likely N-dealkylation sites (N-methyl/N-ethyl adjacent to an activating group) is 1. The van der Waals surface area contributed by atoms with Crippen LogP contribution in [-0.2, 0) is 14.8 Å². The number of sulfonamides is 1. The van der Waals surface area contributed by atoms with E-state index in [-0.39, 0.29) is 14.8 Å². The fourth-order valence-corrected chi connectivity index (χ4v) is 6.20. The number of hydrogen-bond donors (Lipinski definition) is 0. The van der Waals surface area contributed by atoms with E-state index in [4.69, 9.17) is 27.9 Å². The predicted octanol–water partition coefficient (Wildman–Crippen LogP) is 2.79. The number of ether oxygens (including phenoxy) is 1. The molecule has 0 saturated carbocycles. The van der Waals surface area contributed by atoms with E-state index in [0.29, 0.717) is 30.3 Å². The number of thiophene rings is 1. The van der Waals surface area contributed by atoms with Crippen molar-refractivity contribution >= 4 is 44.6 Å². The molecule has 126 valence electrons. The lowest BCUT2D eigenvalue weighted by molar-refractivity contribution is -0.0596. The van der Waals surface area contributed by atoms with Crippen molar-refractivity contribution in [1.29, 1.82) is 0 Å². The van der Waals surface area contributed by atoms with Crippen molar-refractivity contribution in [3.8, 4) is 0 Å². The van der Waals surface area contributed by atoms with Crippen LogP contribution in [0.1, 0.15) is 12.8 Å². The minimum atomic E-state index is -3.54. The number of methoxy groups -OCH3 is 1. The average Bonchev–Trinajstić information content (AvgIpc) is 2.79. The van der Waals surface area contributed by atoms with Gasteiger partial charge in [0, 0.05) is 26.7 Å². The Kier molecular flexibility index (Phi) is 5.81. The van der Waals surface area contributed by atoms with Gasteiger partial charge in [-0.2, -0.15) is 4.31 Å². The van der Waals surface area contributed by atoms with Gasteiger partial charge in [0.25, 0.3) is 10.0 Å². The molecule has 2 rings (SSSR count). The lowest BCUT2D eigenvalue weighted by atomic mass is 9.91. The first-order valence-corrected chi connectivity index (χ1v) is 9.86. The Labute approximate surface area is 145 Å². The second kappa shape index (κ2) is 6.93. The summed E-state index contributed by atoms with van der Waals surface area (Å²) in [5.74, 6) is 0. The van der Waals surface area contributed by atoms with Crippen LogP contribution < -0.4 is 0 Å². The quantitative estimate of drug-likeness (QED) is 0.780. The number of piperidine rings is 1. The molecular weight excluding hydrogens is 367 g/mol. The van der Waals surface area contributed by atoms with Gasteiger partial charge in [0.1, 0.15) is 8.55 Å². The summed E-state index contributed by atoms with van der Waals surface area (Å²) in [6.07, 6.45) is 1.32. The molecule has 0 N–H and O–H groups in total. The van der Waals surface area contributed by atoms with E-state index in [9.17, 15) is 8.42 Å². The van der Waals surface area contributed by atoms with Gasteiger partial charge in [-0.15, -0.1) is 11.3 Å². The minimum Gasteiger partial charge on any atom is -0.377 e. The summed E-state index contributed by atoms with van der Waals surface area (Å²) < 4.78 is 32.9. The molecule has 1 aromatic rings. The largest absolute Gasteiger partial charge is 0.377 e. The molecule has 1 saturated heterocycles. The van der Waals surface area contributed by atoms with Gasteiger partial charge in [-0.25, -0.2) is 8.42 Å². The molecule has 1 fully saturated rings.